The van der Waals surface area contributed by atoms with Crippen LogP contribution >= 0.6 is 0 Å². The van der Waals surface area contributed by atoms with Crippen molar-refractivity contribution >= 4 is 15.9 Å². The van der Waals surface area contributed by atoms with Crippen molar-refractivity contribution in [1.82, 2.24) is 9.62 Å². The first kappa shape index (κ1) is 13.3. The van der Waals surface area contributed by atoms with Crippen LogP contribution in [0.1, 0.15) is 32.1 Å². The van der Waals surface area contributed by atoms with Crippen LogP contribution in [0.4, 0.5) is 0 Å². The number of likely N-dealkylation sites (N-methyl/N-ethyl adjacent to an activating group) is 1. The minimum Gasteiger partial charge on any atom is -0.363 e. The number of hydrogen-bond donors (Lipinski definition) is 1. The first-order chi connectivity index (χ1) is 9.04. The van der Waals surface area contributed by atoms with Crippen LogP contribution in [0.2, 0.25) is 0 Å². The minimum absolute atomic E-state index is 0.0634. The highest BCUT2D eigenvalue weighted by molar-refractivity contribution is 7.90. The van der Waals surface area contributed by atoms with E-state index in [1.54, 1.807) is 11.4 Å². The van der Waals surface area contributed by atoms with Gasteiger partial charge in [0.25, 0.3) is 0 Å². The molecule has 3 atom stereocenters. The third-order valence-electron chi connectivity index (χ3n) is 4.31. The standard InChI is InChI=1S/C12H20N2O4S/c1-13-12(15)11-5-4-9-10(18-11)6-7-14(9)19(16,17)8-2-3-8/h8-11H,2-7H2,1H3,(H,13,15)/t9-,10-,11-/m0/s1. The van der Waals surface area contributed by atoms with E-state index in [0.29, 0.717) is 25.8 Å². The molecule has 1 N–H and O–H groups in total. The van der Waals surface area contributed by atoms with E-state index in [-0.39, 0.29) is 23.3 Å². The van der Waals surface area contributed by atoms with Gasteiger partial charge in [-0.1, -0.05) is 0 Å². The quantitative estimate of drug-likeness (QED) is 0.783. The zero-order valence-electron chi connectivity index (χ0n) is 11.0. The van der Waals surface area contributed by atoms with Gasteiger partial charge in [-0.3, -0.25) is 4.79 Å². The maximum absolute atomic E-state index is 12.3. The van der Waals surface area contributed by atoms with Gasteiger partial charge in [-0.05, 0) is 32.1 Å². The van der Waals surface area contributed by atoms with E-state index in [1.807, 2.05) is 0 Å². The average Bonchev–Trinajstić information content (AvgIpc) is 3.17. The smallest absolute Gasteiger partial charge is 0.248 e. The summed E-state index contributed by atoms with van der Waals surface area (Å²) in [6.45, 7) is 0.536. The van der Waals surface area contributed by atoms with E-state index in [1.165, 1.54) is 0 Å². The summed E-state index contributed by atoms with van der Waals surface area (Å²) in [5.74, 6) is -0.109. The second kappa shape index (κ2) is 4.71. The van der Waals surface area contributed by atoms with Gasteiger partial charge in [-0.25, -0.2) is 8.42 Å². The molecule has 0 aromatic carbocycles. The van der Waals surface area contributed by atoms with Crippen molar-refractivity contribution in [3.8, 4) is 0 Å². The minimum atomic E-state index is -3.13. The number of amides is 1. The number of hydrogen-bond acceptors (Lipinski definition) is 4. The molecular formula is C12H20N2O4S. The zero-order valence-corrected chi connectivity index (χ0v) is 11.9. The Labute approximate surface area is 113 Å². The summed E-state index contributed by atoms with van der Waals surface area (Å²) in [6, 6.07) is -0.0634. The van der Waals surface area contributed by atoms with Gasteiger partial charge in [0.2, 0.25) is 15.9 Å². The van der Waals surface area contributed by atoms with Gasteiger partial charge in [-0.15, -0.1) is 0 Å². The lowest BCUT2D eigenvalue weighted by atomic mass is 9.99. The van der Waals surface area contributed by atoms with Crippen LogP contribution in [-0.4, -0.2) is 55.7 Å². The summed E-state index contributed by atoms with van der Waals surface area (Å²) < 4.78 is 32.0. The lowest BCUT2D eigenvalue weighted by Crippen LogP contribution is -2.49. The molecule has 2 saturated heterocycles. The van der Waals surface area contributed by atoms with Crippen molar-refractivity contribution < 1.29 is 17.9 Å². The van der Waals surface area contributed by atoms with Gasteiger partial charge in [-0.2, -0.15) is 4.31 Å². The average molecular weight is 288 g/mol. The molecule has 2 heterocycles. The highest BCUT2D eigenvalue weighted by Crippen LogP contribution is 2.39. The van der Waals surface area contributed by atoms with Crippen molar-refractivity contribution in [2.24, 2.45) is 0 Å². The Morgan fingerprint density at radius 2 is 1.95 bits per heavy atom. The monoisotopic (exact) mass is 288 g/mol. The lowest BCUT2D eigenvalue weighted by molar-refractivity contribution is -0.142. The maximum atomic E-state index is 12.3. The number of rotatable bonds is 3. The number of nitrogens with zero attached hydrogens (tertiary/aromatic N) is 1. The third-order valence-corrected chi connectivity index (χ3v) is 6.73. The topological polar surface area (TPSA) is 75.7 Å². The van der Waals surface area contributed by atoms with Crippen LogP contribution in [0.5, 0.6) is 0 Å². The van der Waals surface area contributed by atoms with Crippen molar-refractivity contribution in [2.45, 2.75) is 55.6 Å². The number of fused-ring (bicyclic) bond motifs is 1. The van der Waals surface area contributed by atoms with Crippen LogP contribution in [0, 0.1) is 0 Å². The Morgan fingerprint density at radius 1 is 1.21 bits per heavy atom. The van der Waals surface area contributed by atoms with Crippen molar-refractivity contribution in [1.29, 1.82) is 0 Å². The molecule has 3 fully saturated rings. The normalized spacial score (nSPS) is 35.9. The van der Waals surface area contributed by atoms with E-state index in [4.69, 9.17) is 4.74 Å². The van der Waals surface area contributed by atoms with E-state index in [9.17, 15) is 13.2 Å². The number of carbonyl (C=O) groups excluding carboxylic acids is 1. The summed E-state index contributed by atoms with van der Waals surface area (Å²) in [6.07, 6.45) is 3.05. The number of nitrogens with one attached hydrogen (secondary N) is 1. The largest absolute Gasteiger partial charge is 0.363 e. The second-order valence-electron chi connectivity index (χ2n) is 5.57. The Bertz CT molecular complexity index is 474. The van der Waals surface area contributed by atoms with Gasteiger partial charge in [0, 0.05) is 13.6 Å². The molecule has 7 heteroatoms. The van der Waals surface area contributed by atoms with Crippen LogP contribution in [0.25, 0.3) is 0 Å². The third kappa shape index (κ3) is 2.28. The first-order valence-corrected chi connectivity index (χ1v) is 8.42. The number of sulfonamides is 1. The van der Waals surface area contributed by atoms with Gasteiger partial charge in [0.05, 0.1) is 17.4 Å². The second-order valence-corrected chi connectivity index (χ2v) is 7.73. The lowest BCUT2D eigenvalue weighted by Gasteiger charge is -2.34. The molecule has 0 aromatic rings. The molecule has 0 aromatic heterocycles. The molecule has 2 aliphatic heterocycles. The van der Waals surface area contributed by atoms with Gasteiger partial charge < -0.3 is 10.1 Å². The predicted octanol–water partition coefficient (Wildman–Crippen LogP) is -0.154. The first-order valence-electron chi connectivity index (χ1n) is 6.91. The van der Waals surface area contributed by atoms with E-state index in [2.05, 4.69) is 5.32 Å². The van der Waals surface area contributed by atoms with Gasteiger partial charge >= 0.3 is 0 Å². The number of carbonyl (C=O) groups is 1. The molecule has 1 aliphatic carbocycles. The predicted molar refractivity (Wildman–Crippen MR) is 69.0 cm³/mol. The fourth-order valence-electron chi connectivity index (χ4n) is 3.12. The van der Waals surface area contributed by atoms with Gasteiger partial charge in [0.1, 0.15) is 6.10 Å². The van der Waals surface area contributed by atoms with Crippen LogP contribution in [0.15, 0.2) is 0 Å². The Morgan fingerprint density at radius 3 is 2.58 bits per heavy atom. The summed E-state index contributed by atoms with van der Waals surface area (Å²) in [4.78, 5) is 11.6. The van der Waals surface area contributed by atoms with Crippen LogP contribution < -0.4 is 5.32 Å². The zero-order chi connectivity index (χ0) is 13.6. The highest BCUT2D eigenvalue weighted by Gasteiger charge is 2.50. The van der Waals surface area contributed by atoms with E-state index >= 15 is 0 Å². The molecule has 6 nitrogen and oxygen atoms in total. The molecule has 3 rings (SSSR count). The molecule has 1 saturated carbocycles. The van der Waals surface area contributed by atoms with E-state index in [0.717, 1.165) is 12.8 Å². The molecule has 108 valence electrons. The van der Waals surface area contributed by atoms with Crippen LogP contribution in [-0.2, 0) is 19.6 Å². The summed E-state index contributed by atoms with van der Waals surface area (Å²) in [5.41, 5.74) is 0. The molecule has 0 radical (unpaired) electrons. The van der Waals surface area contributed by atoms with Crippen molar-refractivity contribution in [2.75, 3.05) is 13.6 Å². The summed E-state index contributed by atoms with van der Waals surface area (Å²) in [7, 11) is -1.53. The van der Waals surface area contributed by atoms with Crippen molar-refractivity contribution in [3.63, 3.8) is 0 Å². The van der Waals surface area contributed by atoms with Crippen molar-refractivity contribution in [3.05, 3.63) is 0 Å². The van der Waals surface area contributed by atoms with E-state index < -0.39 is 16.1 Å². The molecule has 0 spiro atoms. The molecule has 3 aliphatic rings. The Balaban J connectivity index is 1.70. The molecule has 0 unspecified atom stereocenters. The fraction of sp³-hybridized carbons (Fsp3) is 0.917. The summed E-state index contributed by atoms with van der Waals surface area (Å²) in [5, 5.41) is 2.42. The van der Waals surface area contributed by atoms with Crippen LogP contribution in [0.3, 0.4) is 0 Å². The highest BCUT2D eigenvalue weighted by atomic mass is 32.2. The molecule has 0 bridgehead atoms. The SMILES string of the molecule is CNC(=O)[C@@H]1CC[C@H]2[C@H](CCN2S(=O)(=O)C2CC2)O1. The molecular weight excluding hydrogens is 268 g/mol. The fourth-order valence-corrected chi connectivity index (χ4v) is 5.21. The summed E-state index contributed by atoms with van der Waals surface area (Å²) >= 11 is 0. The number of ether oxygens (including phenoxy) is 1. The Kier molecular flexibility index (Phi) is 3.31. The molecule has 1 amide bonds. The maximum Gasteiger partial charge on any atom is 0.248 e. The molecule has 19 heavy (non-hydrogen) atoms. The van der Waals surface area contributed by atoms with Gasteiger partial charge in [0.15, 0.2) is 0 Å². The Hall–Kier alpha value is -0.660.